The van der Waals surface area contributed by atoms with Crippen LogP contribution in [0.1, 0.15) is 52.3 Å². The number of benzene rings is 1. The first-order valence-corrected chi connectivity index (χ1v) is 11.6. The zero-order valence-corrected chi connectivity index (χ0v) is 19.6. The van der Waals surface area contributed by atoms with Crippen LogP contribution < -0.4 is 5.32 Å². The molecule has 3 aromatic rings. The number of piperidine rings is 1. The van der Waals surface area contributed by atoms with Crippen LogP contribution in [-0.2, 0) is 11.2 Å². The van der Waals surface area contributed by atoms with Crippen molar-refractivity contribution < 1.29 is 9.59 Å². The summed E-state index contributed by atoms with van der Waals surface area (Å²) >= 11 is 0. The highest BCUT2D eigenvalue weighted by molar-refractivity contribution is 5.93. The van der Waals surface area contributed by atoms with E-state index in [1.165, 1.54) is 5.56 Å². The second-order valence-electron chi connectivity index (χ2n) is 8.93. The minimum Gasteiger partial charge on any atom is -0.356 e. The van der Waals surface area contributed by atoms with Gasteiger partial charge in [-0.25, -0.2) is 0 Å². The molecule has 8 heteroatoms. The number of H-pyrrole nitrogens is 2. The van der Waals surface area contributed by atoms with E-state index < -0.39 is 0 Å². The predicted molar refractivity (Wildman–Crippen MR) is 127 cm³/mol. The molecule has 3 heterocycles. The molecule has 1 saturated heterocycles. The fourth-order valence-electron chi connectivity index (χ4n) is 4.54. The van der Waals surface area contributed by atoms with Crippen LogP contribution in [0.15, 0.2) is 30.3 Å². The standard InChI is InChI=1S/C25H32N6O2/c1-16-6-4-5-7-20(16)22-15-23(30-29-22)25(33)31-12-9-19(10-13-31)14-24(32)26-11-8-21-17(2)27-28-18(21)3/h4-7,15,19H,8-14H2,1-3H3,(H,26,32)(H,27,28)(H,29,30). The summed E-state index contributed by atoms with van der Waals surface area (Å²) in [5.74, 6) is 0.349. The third kappa shape index (κ3) is 5.32. The molecule has 4 rings (SSSR count). The number of carbonyl (C=O) groups is 2. The number of aromatic nitrogens is 4. The van der Waals surface area contributed by atoms with E-state index in [2.05, 4.69) is 25.7 Å². The Balaban J connectivity index is 1.23. The summed E-state index contributed by atoms with van der Waals surface area (Å²) in [6.07, 6.45) is 2.95. The lowest BCUT2D eigenvalue weighted by Gasteiger charge is -2.31. The van der Waals surface area contributed by atoms with Crippen molar-refractivity contribution in [2.45, 2.75) is 46.5 Å². The summed E-state index contributed by atoms with van der Waals surface area (Å²) in [7, 11) is 0. The Kier molecular flexibility index (Phi) is 6.91. The van der Waals surface area contributed by atoms with Crippen LogP contribution >= 0.6 is 0 Å². The monoisotopic (exact) mass is 448 g/mol. The number of hydrogen-bond acceptors (Lipinski definition) is 4. The lowest BCUT2D eigenvalue weighted by atomic mass is 9.93. The van der Waals surface area contributed by atoms with Gasteiger partial charge in [-0.05, 0) is 63.1 Å². The molecule has 2 aromatic heterocycles. The first kappa shape index (κ1) is 22.8. The van der Waals surface area contributed by atoms with Gasteiger partial charge in [0.2, 0.25) is 5.91 Å². The van der Waals surface area contributed by atoms with Gasteiger partial charge in [0.25, 0.3) is 5.91 Å². The third-order valence-electron chi connectivity index (χ3n) is 6.58. The van der Waals surface area contributed by atoms with Gasteiger partial charge in [0.05, 0.1) is 11.4 Å². The van der Waals surface area contributed by atoms with E-state index in [-0.39, 0.29) is 11.8 Å². The fourth-order valence-corrected chi connectivity index (χ4v) is 4.54. The van der Waals surface area contributed by atoms with Crippen LogP contribution in [0.4, 0.5) is 0 Å². The van der Waals surface area contributed by atoms with Crippen molar-refractivity contribution in [3.8, 4) is 11.3 Å². The predicted octanol–water partition coefficient (Wildman–Crippen LogP) is 3.33. The van der Waals surface area contributed by atoms with Gasteiger partial charge in [0, 0.05) is 37.3 Å². The van der Waals surface area contributed by atoms with E-state index in [0.717, 1.165) is 47.5 Å². The largest absolute Gasteiger partial charge is 0.356 e. The van der Waals surface area contributed by atoms with Gasteiger partial charge in [-0.3, -0.25) is 19.8 Å². The summed E-state index contributed by atoms with van der Waals surface area (Å²) < 4.78 is 0. The molecule has 0 unspecified atom stereocenters. The summed E-state index contributed by atoms with van der Waals surface area (Å²) in [6, 6.07) is 9.83. The van der Waals surface area contributed by atoms with Crippen molar-refractivity contribution >= 4 is 11.8 Å². The smallest absolute Gasteiger partial charge is 0.271 e. The van der Waals surface area contributed by atoms with Gasteiger partial charge < -0.3 is 10.2 Å². The van der Waals surface area contributed by atoms with Gasteiger partial charge in [-0.2, -0.15) is 10.2 Å². The molecule has 1 aromatic carbocycles. The van der Waals surface area contributed by atoms with Crippen LogP contribution in [0.3, 0.4) is 0 Å². The van der Waals surface area contributed by atoms with Gasteiger partial charge in [-0.1, -0.05) is 24.3 Å². The first-order valence-electron chi connectivity index (χ1n) is 11.6. The molecule has 0 atom stereocenters. The fraction of sp³-hybridized carbons (Fsp3) is 0.440. The lowest BCUT2D eigenvalue weighted by Crippen LogP contribution is -2.40. The number of amides is 2. The Morgan fingerprint density at radius 3 is 2.55 bits per heavy atom. The summed E-state index contributed by atoms with van der Waals surface area (Å²) in [5, 5.41) is 17.4. The Morgan fingerprint density at radius 2 is 1.85 bits per heavy atom. The molecule has 0 aliphatic carbocycles. The molecule has 3 N–H and O–H groups in total. The van der Waals surface area contributed by atoms with E-state index >= 15 is 0 Å². The molecule has 1 fully saturated rings. The van der Waals surface area contributed by atoms with E-state index in [1.807, 2.05) is 56.0 Å². The Labute approximate surface area is 194 Å². The molecule has 1 aliphatic rings. The minimum atomic E-state index is -0.0314. The topological polar surface area (TPSA) is 107 Å². The highest BCUT2D eigenvalue weighted by Gasteiger charge is 2.26. The Morgan fingerprint density at radius 1 is 1.09 bits per heavy atom. The van der Waals surface area contributed by atoms with Crippen molar-refractivity contribution in [3.63, 3.8) is 0 Å². The zero-order chi connectivity index (χ0) is 23.4. The third-order valence-corrected chi connectivity index (χ3v) is 6.58. The molecule has 2 amide bonds. The highest BCUT2D eigenvalue weighted by Crippen LogP contribution is 2.24. The summed E-state index contributed by atoms with van der Waals surface area (Å²) in [4.78, 5) is 27.2. The maximum atomic E-state index is 12.9. The second-order valence-corrected chi connectivity index (χ2v) is 8.93. The molecule has 0 spiro atoms. The molecule has 8 nitrogen and oxygen atoms in total. The highest BCUT2D eigenvalue weighted by atomic mass is 16.2. The quantitative estimate of drug-likeness (QED) is 0.515. The van der Waals surface area contributed by atoms with Crippen molar-refractivity contribution in [1.82, 2.24) is 30.6 Å². The summed E-state index contributed by atoms with van der Waals surface area (Å²) in [6.45, 7) is 7.93. The molecule has 33 heavy (non-hydrogen) atoms. The number of carbonyl (C=O) groups excluding carboxylic acids is 2. The van der Waals surface area contributed by atoms with E-state index in [1.54, 1.807) is 0 Å². The molecule has 0 saturated carbocycles. The molecule has 1 aliphatic heterocycles. The number of nitrogens with zero attached hydrogens (tertiary/aromatic N) is 3. The van der Waals surface area contributed by atoms with Crippen LogP contribution in [0.5, 0.6) is 0 Å². The normalized spacial score (nSPS) is 14.5. The van der Waals surface area contributed by atoms with Crippen molar-refractivity contribution in [3.05, 3.63) is 58.5 Å². The van der Waals surface area contributed by atoms with Crippen LogP contribution in [-0.4, -0.2) is 56.7 Å². The average molecular weight is 449 g/mol. The number of nitrogens with one attached hydrogen (secondary N) is 3. The second kappa shape index (κ2) is 10.0. The van der Waals surface area contributed by atoms with Gasteiger partial charge in [0.1, 0.15) is 5.69 Å². The maximum Gasteiger partial charge on any atom is 0.271 e. The number of aryl methyl sites for hydroxylation is 3. The van der Waals surface area contributed by atoms with Crippen LogP contribution in [0.25, 0.3) is 11.3 Å². The van der Waals surface area contributed by atoms with Crippen LogP contribution in [0, 0.1) is 26.7 Å². The van der Waals surface area contributed by atoms with Crippen LogP contribution in [0.2, 0.25) is 0 Å². The Hall–Kier alpha value is -3.42. The zero-order valence-electron chi connectivity index (χ0n) is 19.6. The average Bonchev–Trinajstić information content (AvgIpc) is 3.42. The molecule has 174 valence electrons. The Bertz CT molecular complexity index is 1100. The minimum absolute atomic E-state index is 0.0314. The van der Waals surface area contributed by atoms with Crippen molar-refractivity contribution in [1.29, 1.82) is 0 Å². The first-order chi connectivity index (χ1) is 15.9. The van der Waals surface area contributed by atoms with E-state index in [9.17, 15) is 9.59 Å². The van der Waals surface area contributed by atoms with E-state index in [4.69, 9.17) is 0 Å². The summed E-state index contributed by atoms with van der Waals surface area (Å²) in [5.41, 5.74) is 6.65. The van der Waals surface area contributed by atoms with Gasteiger partial charge >= 0.3 is 0 Å². The lowest BCUT2D eigenvalue weighted by molar-refractivity contribution is -0.122. The van der Waals surface area contributed by atoms with E-state index in [0.29, 0.717) is 37.7 Å². The molecule has 0 radical (unpaired) electrons. The number of likely N-dealkylation sites (tertiary alicyclic amines) is 1. The molecule has 0 bridgehead atoms. The SMILES string of the molecule is Cc1ccccc1-c1cc(C(=O)N2CCC(CC(=O)NCCc3c(C)n[nH]c3C)CC2)[nH]n1. The molecular formula is C25H32N6O2. The van der Waals surface area contributed by atoms with Gasteiger partial charge in [0.15, 0.2) is 0 Å². The van der Waals surface area contributed by atoms with Crippen molar-refractivity contribution in [2.75, 3.05) is 19.6 Å². The number of rotatable bonds is 7. The number of hydrogen-bond donors (Lipinski definition) is 3. The number of aromatic amines is 2. The molecular weight excluding hydrogens is 416 g/mol. The van der Waals surface area contributed by atoms with Gasteiger partial charge in [-0.15, -0.1) is 0 Å². The van der Waals surface area contributed by atoms with Crippen molar-refractivity contribution in [2.24, 2.45) is 5.92 Å². The maximum absolute atomic E-state index is 12.9.